The van der Waals surface area contributed by atoms with Gasteiger partial charge in [0.15, 0.2) is 5.13 Å². The van der Waals surface area contributed by atoms with E-state index in [2.05, 4.69) is 16.9 Å². The number of benzene rings is 1. The number of hydrogen-bond donors (Lipinski definition) is 1. The minimum absolute atomic E-state index is 0.116. The summed E-state index contributed by atoms with van der Waals surface area (Å²) >= 11 is 8.74. The number of anilines is 1. The summed E-state index contributed by atoms with van der Waals surface area (Å²) < 4.78 is 0.695. The Morgan fingerprint density at radius 1 is 1.22 bits per heavy atom. The molecule has 0 saturated carbocycles. The first-order valence-electron chi connectivity index (χ1n) is 8.14. The third-order valence-corrected chi connectivity index (χ3v) is 6.19. The van der Waals surface area contributed by atoms with Crippen LogP contribution in [-0.2, 0) is 4.79 Å². The van der Waals surface area contributed by atoms with Crippen LogP contribution in [0.2, 0.25) is 4.34 Å². The zero-order valence-corrected chi connectivity index (χ0v) is 16.5. The summed E-state index contributed by atoms with van der Waals surface area (Å²) in [5.74, 6) is -0.314. The quantitative estimate of drug-likeness (QED) is 0.639. The van der Waals surface area contributed by atoms with Gasteiger partial charge in [0.25, 0.3) is 5.91 Å². The highest BCUT2D eigenvalue weighted by atomic mass is 35.5. The molecule has 136 valence electrons. The minimum Gasteiger partial charge on any atom is -0.308 e. The number of rotatable bonds is 5. The van der Waals surface area contributed by atoms with Gasteiger partial charge in [0.2, 0.25) is 5.91 Å². The van der Waals surface area contributed by atoms with Crippen LogP contribution in [-0.4, -0.2) is 28.2 Å². The highest BCUT2D eigenvalue weighted by molar-refractivity contribution is 7.20. The zero-order chi connectivity index (χ0) is 19.0. The van der Waals surface area contributed by atoms with E-state index < -0.39 is 0 Å². The van der Waals surface area contributed by atoms with Crippen LogP contribution in [0.5, 0.6) is 0 Å². The van der Waals surface area contributed by atoms with Gasteiger partial charge in [-0.3, -0.25) is 9.59 Å². The van der Waals surface area contributed by atoms with Gasteiger partial charge in [0.05, 0.1) is 14.9 Å². The summed E-state index contributed by atoms with van der Waals surface area (Å²) in [4.78, 5) is 31.6. The van der Waals surface area contributed by atoms with E-state index in [0.29, 0.717) is 20.7 Å². The van der Waals surface area contributed by atoms with Gasteiger partial charge in [-0.2, -0.15) is 0 Å². The Morgan fingerprint density at radius 2 is 2.00 bits per heavy atom. The Morgan fingerprint density at radius 3 is 2.70 bits per heavy atom. The molecule has 0 spiro atoms. The molecule has 4 rings (SSSR count). The number of thiazole rings is 1. The molecule has 1 aliphatic rings. The van der Waals surface area contributed by atoms with Crippen molar-refractivity contribution in [2.75, 3.05) is 11.9 Å². The molecule has 2 aromatic heterocycles. The van der Waals surface area contributed by atoms with Gasteiger partial charge < -0.3 is 10.2 Å². The predicted octanol–water partition coefficient (Wildman–Crippen LogP) is 4.98. The zero-order valence-electron chi connectivity index (χ0n) is 14.1. The number of nitrogens with one attached hydrogen (secondary N) is 1. The summed E-state index contributed by atoms with van der Waals surface area (Å²) in [6.45, 7) is 4.26. The summed E-state index contributed by atoms with van der Waals surface area (Å²) in [7, 11) is 0. The third kappa shape index (κ3) is 3.53. The lowest BCUT2D eigenvalue weighted by molar-refractivity contribution is -0.116. The second-order valence-electron chi connectivity index (χ2n) is 5.89. The van der Waals surface area contributed by atoms with Gasteiger partial charge in [0.1, 0.15) is 0 Å². The molecule has 0 atom stereocenters. The number of carbonyl (C=O) groups excluding carboxylic acids is 2. The molecule has 0 aliphatic carbocycles. The first-order valence-corrected chi connectivity index (χ1v) is 10.2. The Bertz CT molecular complexity index is 1020. The largest absolute Gasteiger partial charge is 0.308 e. The van der Waals surface area contributed by atoms with E-state index in [4.69, 9.17) is 11.6 Å². The van der Waals surface area contributed by atoms with E-state index in [-0.39, 0.29) is 24.8 Å². The average molecular weight is 416 g/mol. The van der Waals surface area contributed by atoms with Gasteiger partial charge in [0, 0.05) is 35.2 Å². The number of hydrogen-bond acceptors (Lipinski definition) is 5. The van der Waals surface area contributed by atoms with E-state index in [1.54, 1.807) is 11.0 Å². The van der Waals surface area contributed by atoms with Crippen LogP contribution >= 0.6 is 34.3 Å². The molecule has 8 heteroatoms. The van der Waals surface area contributed by atoms with Crippen molar-refractivity contribution in [2.45, 2.75) is 6.42 Å². The van der Waals surface area contributed by atoms with Crippen molar-refractivity contribution in [2.24, 2.45) is 0 Å². The third-order valence-electron chi connectivity index (χ3n) is 4.18. The average Bonchev–Trinajstić information content (AvgIpc) is 3.35. The normalized spacial score (nSPS) is 13.1. The fourth-order valence-corrected chi connectivity index (χ4v) is 4.67. The Balaban J connectivity index is 1.36. The first-order chi connectivity index (χ1) is 13.0. The molecule has 27 heavy (non-hydrogen) atoms. The molecule has 0 bridgehead atoms. The molecule has 0 radical (unpaired) electrons. The van der Waals surface area contributed by atoms with Crippen LogP contribution in [0.1, 0.15) is 22.3 Å². The van der Waals surface area contributed by atoms with Crippen LogP contribution in [0.3, 0.4) is 0 Å². The van der Waals surface area contributed by atoms with Crippen molar-refractivity contribution in [3.63, 3.8) is 0 Å². The van der Waals surface area contributed by atoms with E-state index in [1.165, 1.54) is 22.7 Å². The highest BCUT2D eigenvalue weighted by Gasteiger charge is 2.30. The molecule has 0 saturated heterocycles. The van der Waals surface area contributed by atoms with Gasteiger partial charge in [-0.25, -0.2) is 4.98 Å². The maximum absolute atomic E-state index is 12.5. The SMILES string of the molecule is C=C1c2ccccc2C(=O)N1CCC(=O)Nc1nc(-c2ccc(Cl)s2)cs1. The van der Waals surface area contributed by atoms with Gasteiger partial charge in [-0.15, -0.1) is 22.7 Å². The fraction of sp³-hybridized carbons (Fsp3) is 0.105. The topological polar surface area (TPSA) is 62.3 Å². The second-order valence-corrected chi connectivity index (χ2v) is 8.46. The van der Waals surface area contributed by atoms with Crippen molar-refractivity contribution in [1.82, 2.24) is 9.88 Å². The van der Waals surface area contributed by atoms with E-state index in [0.717, 1.165) is 16.1 Å². The number of thiophene rings is 1. The summed E-state index contributed by atoms with van der Waals surface area (Å²) in [6, 6.07) is 11.0. The maximum atomic E-state index is 12.5. The standard InChI is InChI=1S/C19H14ClN3O2S2/c1-11-12-4-2-3-5-13(12)18(25)23(11)9-8-17(24)22-19-21-14(10-26-19)15-6-7-16(20)27-15/h2-7,10H,1,8-9H2,(H,21,22,24). The van der Waals surface area contributed by atoms with Crippen LogP contribution in [0.4, 0.5) is 5.13 Å². The molecule has 5 nitrogen and oxygen atoms in total. The van der Waals surface area contributed by atoms with E-state index in [9.17, 15) is 9.59 Å². The predicted molar refractivity (Wildman–Crippen MR) is 110 cm³/mol. The number of amides is 2. The molecule has 3 heterocycles. The molecule has 3 aromatic rings. The number of aromatic nitrogens is 1. The summed E-state index contributed by atoms with van der Waals surface area (Å²) in [5, 5.41) is 5.18. The monoisotopic (exact) mass is 415 g/mol. The molecular weight excluding hydrogens is 402 g/mol. The van der Waals surface area contributed by atoms with Crippen LogP contribution in [0, 0.1) is 0 Å². The number of carbonyl (C=O) groups is 2. The molecule has 1 aromatic carbocycles. The van der Waals surface area contributed by atoms with Crippen molar-refractivity contribution in [3.8, 4) is 10.6 Å². The molecule has 1 aliphatic heterocycles. The summed E-state index contributed by atoms with van der Waals surface area (Å²) in [6.07, 6.45) is 0.165. The highest BCUT2D eigenvalue weighted by Crippen LogP contribution is 2.33. The summed E-state index contributed by atoms with van der Waals surface area (Å²) in [5.41, 5.74) is 2.87. The number of fused-ring (bicyclic) bond motifs is 1. The maximum Gasteiger partial charge on any atom is 0.258 e. The van der Waals surface area contributed by atoms with Crippen LogP contribution < -0.4 is 5.32 Å². The molecule has 0 fully saturated rings. The molecular formula is C19H14ClN3O2S2. The Hall–Kier alpha value is -2.48. The van der Waals surface area contributed by atoms with Gasteiger partial charge >= 0.3 is 0 Å². The Kier molecular flexibility index (Phi) is 4.82. The Labute approximate surface area is 168 Å². The lowest BCUT2D eigenvalue weighted by Gasteiger charge is -2.16. The van der Waals surface area contributed by atoms with E-state index in [1.807, 2.05) is 35.7 Å². The van der Waals surface area contributed by atoms with Crippen LogP contribution in [0.25, 0.3) is 16.3 Å². The number of halogens is 1. The first kappa shape index (κ1) is 17.9. The van der Waals surface area contributed by atoms with Gasteiger partial charge in [-0.1, -0.05) is 36.4 Å². The molecule has 1 N–H and O–H groups in total. The van der Waals surface area contributed by atoms with E-state index >= 15 is 0 Å². The van der Waals surface area contributed by atoms with Gasteiger partial charge in [-0.05, 0) is 18.2 Å². The van der Waals surface area contributed by atoms with Crippen molar-refractivity contribution >= 4 is 56.9 Å². The second kappa shape index (κ2) is 7.26. The molecule has 0 unspecified atom stereocenters. The van der Waals surface area contributed by atoms with Crippen molar-refractivity contribution in [3.05, 3.63) is 63.8 Å². The van der Waals surface area contributed by atoms with Crippen molar-refractivity contribution in [1.29, 1.82) is 0 Å². The number of nitrogens with zero attached hydrogens (tertiary/aromatic N) is 2. The minimum atomic E-state index is -0.198. The lowest BCUT2D eigenvalue weighted by atomic mass is 10.1. The van der Waals surface area contributed by atoms with Crippen LogP contribution in [0.15, 0.2) is 48.4 Å². The fourth-order valence-electron chi connectivity index (χ4n) is 2.86. The smallest absolute Gasteiger partial charge is 0.258 e. The van der Waals surface area contributed by atoms with Crippen molar-refractivity contribution < 1.29 is 9.59 Å². The molecule has 2 amide bonds. The lowest BCUT2D eigenvalue weighted by Crippen LogP contribution is -2.27.